The fourth-order valence-corrected chi connectivity index (χ4v) is 2.69. The minimum atomic E-state index is 0. The van der Waals surface area contributed by atoms with E-state index in [0.717, 1.165) is 29.8 Å². The van der Waals surface area contributed by atoms with Crippen LogP contribution in [-0.2, 0) is 0 Å². The summed E-state index contributed by atoms with van der Waals surface area (Å²) in [5, 5.41) is 9.97. The van der Waals surface area contributed by atoms with Crippen LogP contribution in [0.1, 0.15) is 49.5 Å². The van der Waals surface area contributed by atoms with Crippen LogP contribution in [0.3, 0.4) is 0 Å². The van der Waals surface area contributed by atoms with E-state index >= 15 is 0 Å². The minimum absolute atomic E-state index is 0. The first kappa shape index (κ1) is 23.0. The summed E-state index contributed by atoms with van der Waals surface area (Å²) in [6.07, 6.45) is 2.35. The van der Waals surface area contributed by atoms with Crippen LogP contribution >= 0.6 is 24.8 Å². The molecule has 2 rings (SSSR count). The van der Waals surface area contributed by atoms with Gasteiger partial charge in [-0.15, -0.1) is 24.8 Å². The molecule has 1 heterocycles. The molecule has 0 aromatic heterocycles. The molecule has 0 bridgehead atoms. The second-order valence-electron chi connectivity index (χ2n) is 6.66. The van der Waals surface area contributed by atoms with Crippen molar-refractivity contribution < 1.29 is 4.79 Å². The van der Waals surface area contributed by atoms with Gasteiger partial charge in [-0.25, -0.2) is 0 Å². The Morgan fingerprint density at radius 3 is 2.58 bits per heavy atom. The molecule has 2 atom stereocenters. The average Bonchev–Trinajstić information content (AvgIpc) is 3.00. The Morgan fingerprint density at radius 1 is 1.29 bits per heavy atom. The van der Waals surface area contributed by atoms with Crippen molar-refractivity contribution in [2.75, 3.05) is 18.4 Å². The molecule has 3 N–H and O–H groups in total. The van der Waals surface area contributed by atoms with Crippen LogP contribution < -0.4 is 16.0 Å². The topological polar surface area (TPSA) is 53.2 Å². The Hall–Kier alpha value is -0.970. The van der Waals surface area contributed by atoms with Crippen molar-refractivity contribution in [3.05, 3.63) is 29.3 Å². The van der Waals surface area contributed by atoms with Gasteiger partial charge in [-0.1, -0.05) is 19.9 Å². The van der Waals surface area contributed by atoms with Crippen molar-refractivity contribution in [1.29, 1.82) is 0 Å². The Labute approximate surface area is 158 Å². The van der Waals surface area contributed by atoms with Crippen molar-refractivity contribution in [3.63, 3.8) is 0 Å². The van der Waals surface area contributed by atoms with Gasteiger partial charge in [0.15, 0.2) is 0 Å². The predicted octanol–water partition coefficient (Wildman–Crippen LogP) is 3.78. The number of hydrogen-bond acceptors (Lipinski definition) is 3. The van der Waals surface area contributed by atoms with Gasteiger partial charge in [-0.3, -0.25) is 4.79 Å². The molecule has 138 valence electrons. The van der Waals surface area contributed by atoms with E-state index < -0.39 is 0 Å². The largest absolute Gasteiger partial charge is 0.382 e. The molecule has 0 saturated carbocycles. The highest BCUT2D eigenvalue weighted by Gasteiger charge is 2.17. The Morgan fingerprint density at radius 2 is 2.00 bits per heavy atom. The summed E-state index contributed by atoms with van der Waals surface area (Å²) in [5.74, 6) is 0.567. The zero-order valence-electron chi connectivity index (χ0n) is 15.0. The van der Waals surface area contributed by atoms with E-state index in [9.17, 15) is 4.79 Å². The lowest BCUT2D eigenvalue weighted by atomic mass is 10.0. The smallest absolute Gasteiger partial charge is 0.251 e. The predicted molar refractivity (Wildman–Crippen MR) is 107 cm³/mol. The SMILES string of the molecule is Cc1c(NC(C)C(C)C)cccc1C(=O)NCC1CCCN1.Cl.Cl. The summed E-state index contributed by atoms with van der Waals surface area (Å²) >= 11 is 0. The normalized spacial score (nSPS) is 17.6. The summed E-state index contributed by atoms with van der Waals surface area (Å²) < 4.78 is 0. The van der Waals surface area contributed by atoms with E-state index in [4.69, 9.17) is 0 Å². The summed E-state index contributed by atoms with van der Waals surface area (Å²) in [4.78, 5) is 12.4. The summed E-state index contributed by atoms with van der Waals surface area (Å²) in [6.45, 7) is 10.3. The van der Waals surface area contributed by atoms with Gasteiger partial charge in [0.05, 0.1) is 0 Å². The van der Waals surface area contributed by atoms with E-state index in [1.54, 1.807) is 0 Å². The number of nitrogens with one attached hydrogen (secondary N) is 3. The van der Waals surface area contributed by atoms with E-state index in [1.807, 2.05) is 25.1 Å². The fraction of sp³-hybridized carbons (Fsp3) is 0.611. The molecule has 0 radical (unpaired) electrons. The standard InChI is InChI=1S/C18H29N3O.2ClH/c1-12(2)14(4)21-17-9-5-8-16(13(17)3)18(22)20-11-15-7-6-10-19-15;;/h5,8-9,12,14-15,19,21H,6-7,10-11H2,1-4H3,(H,20,22);2*1H. The van der Waals surface area contributed by atoms with E-state index in [0.29, 0.717) is 24.5 Å². The lowest BCUT2D eigenvalue weighted by Crippen LogP contribution is -2.37. The van der Waals surface area contributed by atoms with Crippen LogP contribution in [0.2, 0.25) is 0 Å². The summed E-state index contributed by atoms with van der Waals surface area (Å²) in [6, 6.07) is 6.69. The molecule has 6 heteroatoms. The number of benzene rings is 1. The van der Waals surface area contributed by atoms with Gasteiger partial charge >= 0.3 is 0 Å². The number of halogens is 2. The molecule has 0 aliphatic carbocycles. The van der Waals surface area contributed by atoms with Gasteiger partial charge in [-0.2, -0.15) is 0 Å². The molecule has 1 aromatic carbocycles. The molecular formula is C18H31Cl2N3O. The van der Waals surface area contributed by atoms with E-state index in [-0.39, 0.29) is 30.7 Å². The molecule has 1 aliphatic rings. The van der Waals surface area contributed by atoms with Crippen LogP contribution in [0.5, 0.6) is 0 Å². The number of rotatable bonds is 6. The quantitative estimate of drug-likeness (QED) is 0.708. The van der Waals surface area contributed by atoms with Crippen molar-refractivity contribution in [3.8, 4) is 0 Å². The Balaban J connectivity index is 0.00000264. The number of hydrogen-bond donors (Lipinski definition) is 3. The van der Waals surface area contributed by atoms with Crippen molar-refractivity contribution in [2.45, 2.75) is 52.6 Å². The van der Waals surface area contributed by atoms with Crippen LogP contribution in [0.25, 0.3) is 0 Å². The van der Waals surface area contributed by atoms with Crippen LogP contribution in [0, 0.1) is 12.8 Å². The van der Waals surface area contributed by atoms with E-state index in [2.05, 4.69) is 36.7 Å². The summed E-state index contributed by atoms with van der Waals surface area (Å²) in [7, 11) is 0. The van der Waals surface area contributed by atoms with Crippen molar-refractivity contribution in [2.24, 2.45) is 5.92 Å². The maximum atomic E-state index is 12.4. The second-order valence-corrected chi connectivity index (χ2v) is 6.66. The van der Waals surface area contributed by atoms with Gasteiger partial charge in [0, 0.05) is 29.9 Å². The minimum Gasteiger partial charge on any atom is -0.382 e. The monoisotopic (exact) mass is 375 g/mol. The first-order valence-electron chi connectivity index (χ1n) is 8.36. The Bertz CT molecular complexity index is 517. The number of carbonyl (C=O) groups excluding carboxylic acids is 1. The van der Waals surface area contributed by atoms with Crippen LogP contribution in [0.15, 0.2) is 18.2 Å². The van der Waals surface area contributed by atoms with Gasteiger partial charge < -0.3 is 16.0 Å². The molecule has 24 heavy (non-hydrogen) atoms. The Kier molecular flexibility index (Phi) is 10.4. The molecule has 1 amide bonds. The first-order chi connectivity index (χ1) is 10.5. The first-order valence-corrected chi connectivity index (χ1v) is 8.36. The van der Waals surface area contributed by atoms with Gasteiger partial charge in [-0.05, 0) is 56.8 Å². The lowest BCUT2D eigenvalue weighted by molar-refractivity contribution is 0.0949. The van der Waals surface area contributed by atoms with Crippen LogP contribution in [0.4, 0.5) is 5.69 Å². The molecule has 4 nitrogen and oxygen atoms in total. The molecule has 1 saturated heterocycles. The third kappa shape index (κ3) is 6.15. The van der Waals surface area contributed by atoms with Crippen molar-refractivity contribution in [1.82, 2.24) is 10.6 Å². The lowest BCUT2D eigenvalue weighted by Gasteiger charge is -2.21. The highest BCUT2D eigenvalue weighted by atomic mass is 35.5. The van der Waals surface area contributed by atoms with Crippen LogP contribution in [-0.4, -0.2) is 31.1 Å². The molecule has 0 spiro atoms. The molecule has 1 fully saturated rings. The fourth-order valence-electron chi connectivity index (χ4n) is 2.69. The maximum Gasteiger partial charge on any atom is 0.251 e. The van der Waals surface area contributed by atoms with E-state index in [1.165, 1.54) is 6.42 Å². The molecule has 2 unspecified atom stereocenters. The second kappa shape index (κ2) is 10.8. The summed E-state index contributed by atoms with van der Waals surface area (Å²) in [5.41, 5.74) is 2.83. The van der Waals surface area contributed by atoms with Gasteiger partial charge in [0.25, 0.3) is 5.91 Å². The number of carbonyl (C=O) groups is 1. The van der Waals surface area contributed by atoms with Gasteiger partial charge in [0.1, 0.15) is 0 Å². The molecule has 1 aliphatic heterocycles. The number of amides is 1. The third-order valence-electron chi connectivity index (χ3n) is 4.63. The van der Waals surface area contributed by atoms with Crippen molar-refractivity contribution >= 4 is 36.4 Å². The average molecular weight is 376 g/mol. The maximum absolute atomic E-state index is 12.4. The molecular weight excluding hydrogens is 345 g/mol. The highest BCUT2D eigenvalue weighted by molar-refractivity contribution is 5.97. The molecule has 1 aromatic rings. The zero-order chi connectivity index (χ0) is 16.1. The van der Waals surface area contributed by atoms with Gasteiger partial charge in [0.2, 0.25) is 0 Å². The zero-order valence-corrected chi connectivity index (χ0v) is 16.7. The highest BCUT2D eigenvalue weighted by Crippen LogP contribution is 2.21. The number of anilines is 1. The third-order valence-corrected chi connectivity index (χ3v) is 4.63.